The maximum Gasteiger partial charge on any atom is 0.252 e. The van der Waals surface area contributed by atoms with Crippen LogP contribution in [0, 0.1) is 6.92 Å². The molecular formula is C13H19BrN2O2. The second-order valence-electron chi connectivity index (χ2n) is 3.94. The molecule has 0 heterocycles. The second kappa shape index (κ2) is 8.24. The summed E-state index contributed by atoms with van der Waals surface area (Å²) in [5.41, 5.74) is 1.73. The number of amides is 1. The van der Waals surface area contributed by atoms with Crippen LogP contribution in [0.25, 0.3) is 0 Å². The highest BCUT2D eigenvalue weighted by Crippen LogP contribution is 2.20. The van der Waals surface area contributed by atoms with E-state index in [0.29, 0.717) is 18.7 Å². The van der Waals surface area contributed by atoms with Gasteiger partial charge in [-0.1, -0.05) is 12.1 Å². The molecule has 0 spiro atoms. The fourth-order valence-corrected chi connectivity index (χ4v) is 1.93. The molecule has 18 heavy (non-hydrogen) atoms. The summed E-state index contributed by atoms with van der Waals surface area (Å²) in [6.07, 6.45) is 0. The van der Waals surface area contributed by atoms with Gasteiger partial charge in [0.15, 0.2) is 0 Å². The minimum absolute atomic E-state index is 0.0564. The van der Waals surface area contributed by atoms with Gasteiger partial charge < -0.3 is 15.4 Å². The summed E-state index contributed by atoms with van der Waals surface area (Å²) in [5, 5.41) is 6.04. The van der Waals surface area contributed by atoms with Crippen LogP contribution in [-0.4, -0.2) is 39.3 Å². The topological polar surface area (TPSA) is 50.4 Å². The molecule has 1 rings (SSSR count). The van der Waals surface area contributed by atoms with E-state index in [4.69, 9.17) is 4.74 Å². The van der Waals surface area contributed by atoms with Gasteiger partial charge in [0.1, 0.15) is 0 Å². The predicted molar refractivity (Wildman–Crippen MR) is 76.0 cm³/mol. The predicted octanol–water partition coefficient (Wildman–Crippen LogP) is 1.72. The first-order valence-corrected chi connectivity index (χ1v) is 6.69. The zero-order valence-electron chi connectivity index (χ0n) is 10.8. The SMILES string of the molecule is COCCNCCNC(=O)c1cccc(C)c1Br. The minimum Gasteiger partial charge on any atom is -0.383 e. The van der Waals surface area contributed by atoms with Crippen LogP contribution in [0.4, 0.5) is 0 Å². The summed E-state index contributed by atoms with van der Waals surface area (Å²) in [6.45, 7) is 4.77. The number of carbonyl (C=O) groups is 1. The van der Waals surface area contributed by atoms with Crippen molar-refractivity contribution < 1.29 is 9.53 Å². The van der Waals surface area contributed by atoms with Gasteiger partial charge >= 0.3 is 0 Å². The van der Waals surface area contributed by atoms with Gasteiger partial charge in [-0.3, -0.25) is 4.79 Å². The Morgan fingerprint density at radius 1 is 1.33 bits per heavy atom. The number of nitrogens with one attached hydrogen (secondary N) is 2. The summed E-state index contributed by atoms with van der Waals surface area (Å²) in [7, 11) is 1.67. The van der Waals surface area contributed by atoms with Gasteiger partial charge in [0.2, 0.25) is 0 Å². The van der Waals surface area contributed by atoms with E-state index in [1.165, 1.54) is 0 Å². The van der Waals surface area contributed by atoms with E-state index in [1.807, 2.05) is 25.1 Å². The van der Waals surface area contributed by atoms with E-state index in [9.17, 15) is 4.79 Å². The summed E-state index contributed by atoms with van der Waals surface area (Å²) in [6, 6.07) is 5.66. The number of methoxy groups -OCH3 is 1. The summed E-state index contributed by atoms with van der Waals surface area (Å²) >= 11 is 3.43. The first-order chi connectivity index (χ1) is 8.66. The Morgan fingerprint density at radius 3 is 2.83 bits per heavy atom. The van der Waals surface area contributed by atoms with Crippen LogP contribution in [0.15, 0.2) is 22.7 Å². The molecule has 0 saturated heterocycles. The molecule has 0 atom stereocenters. The molecule has 0 aliphatic heterocycles. The molecule has 100 valence electrons. The molecule has 0 aliphatic carbocycles. The summed E-state index contributed by atoms with van der Waals surface area (Å²) in [5.74, 6) is -0.0564. The molecule has 1 amide bonds. The number of hydrogen-bond acceptors (Lipinski definition) is 3. The van der Waals surface area contributed by atoms with Gasteiger partial charge in [-0.15, -0.1) is 0 Å². The third-order valence-electron chi connectivity index (χ3n) is 2.51. The second-order valence-corrected chi connectivity index (χ2v) is 4.73. The van der Waals surface area contributed by atoms with Crippen molar-refractivity contribution in [1.82, 2.24) is 10.6 Å². The van der Waals surface area contributed by atoms with Crippen LogP contribution in [0.5, 0.6) is 0 Å². The van der Waals surface area contributed by atoms with Crippen LogP contribution in [0.1, 0.15) is 15.9 Å². The number of hydrogen-bond donors (Lipinski definition) is 2. The third kappa shape index (κ3) is 4.76. The van der Waals surface area contributed by atoms with Gasteiger partial charge in [-0.2, -0.15) is 0 Å². The molecule has 0 radical (unpaired) electrons. The van der Waals surface area contributed by atoms with Crippen LogP contribution < -0.4 is 10.6 Å². The Morgan fingerprint density at radius 2 is 2.11 bits per heavy atom. The molecule has 0 bridgehead atoms. The molecule has 0 unspecified atom stereocenters. The Labute approximate surface area is 116 Å². The van der Waals surface area contributed by atoms with Gasteiger partial charge in [0, 0.05) is 31.2 Å². The van der Waals surface area contributed by atoms with Crippen LogP contribution in [-0.2, 0) is 4.74 Å². The van der Waals surface area contributed by atoms with Crippen molar-refractivity contribution in [2.45, 2.75) is 6.92 Å². The van der Waals surface area contributed by atoms with Gasteiger partial charge in [-0.25, -0.2) is 0 Å². The van der Waals surface area contributed by atoms with Crippen molar-refractivity contribution in [1.29, 1.82) is 0 Å². The molecule has 0 saturated carbocycles. The number of ether oxygens (including phenoxy) is 1. The van der Waals surface area contributed by atoms with Crippen molar-refractivity contribution in [3.8, 4) is 0 Å². The number of rotatable bonds is 7. The van der Waals surface area contributed by atoms with E-state index in [-0.39, 0.29) is 5.91 Å². The average molecular weight is 315 g/mol. The van der Waals surface area contributed by atoms with E-state index >= 15 is 0 Å². The Hall–Kier alpha value is -0.910. The van der Waals surface area contributed by atoms with Crippen molar-refractivity contribution in [2.75, 3.05) is 33.4 Å². The normalized spacial score (nSPS) is 10.4. The van der Waals surface area contributed by atoms with Crippen molar-refractivity contribution in [3.63, 3.8) is 0 Å². The minimum atomic E-state index is -0.0564. The number of aryl methyl sites for hydroxylation is 1. The lowest BCUT2D eigenvalue weighted by Gasteiger charge is -2.09. The van der Waals surface area contributed by atoms with E-state index in [1.54, 1.807) is 7.11 Å². The van der Waals surface area contributed by atoms with Crippen LogP contribution >= 0.6 is 15.9 Å². The van der Waals surface area contributed by atoms with Crippen molar-refractivity contribution >= 4 is 21.8 Å². The van der Waals surface area contributed by atoms with E-state index in [2.05, 4.69) is 26.6 Å². The first-order valence-electron chi connectivity index (χ1n) is 5.89. The molecule has 5 heteroatoms. The lowest BCUT2D eigenvalue weighted by molar-refractivity contribution is 0.0953. The van der Waals surface area contributed by atoms with Gasteiger partial charge in [0.25, 0.3) is 5.91 Å². The smallest absolute Gasteiger partial charge is 0.252 e. The number of benzene rings is 1. The molecular weight excluding hydrogens is 296 g/mol. The summed E-state index contributed by atoms with van der Waals surface area (Å²) in [4.78, 5) is 11.9. The van der Waals surface area contributed by atoms with Crippen LogP contribution in [0.3, 0.4) is 0 Å². The molecule has 4 nitrogen and oxygen atoms in total. The largest absolute Gasteiger partial charge is 0.383 e. The van der Waals surface area contributed by atoms with Gasteiger partial charge in [0.05, 0.1) is 12.2 Å². The highest BCUT2D eigenvalue weighted by molar-refractivity contribution is 9.10. The van der Waals surface area contributed by atoms with E-state index in [0.717, 1.165) is 23.1 Å². The number of carbonyl (C=O) groups excluding carboxylic acids is 1. The first kappa shape index (κ1) is 15.1. The Bertz CT molecular complexity index is 397. The van der Waals surface area contributed by atoms with Gasteiger partial charge in [-0.05, 0) is 34.5 Å². The molecule has 0 aliphatic rings. The zero-order chi connectivity index (χ0) is 13.4. The monoisotopic (exact) mass is 314 g/mol. The molecule has 2 N–H and O–H groups in total. The molecule has 0 aromatic heterocycles. The number of halogens is 1. The Balaban J connectivity index is 2.35. The average Bonchev–Trinajstić information content (AvgIpc) is 2.36. The lowest BCUT2D eigenvalue weighted by Crippen LogP contribution is -2.33. The third-order valence-corrected chi connectivity index (χ3v) is 3.56. The molecule has 1 aromatic carbocycles. The van der Waals surface area contributed by atoms with E-state index < -0.39 is 0 Å². The maximum absolute atomic E-state index is 11.9. The molecule has 0 fully saturated rings. The fourth-order valence-electron chi connectivity index (χ4n) is 1.48. The lowest BCUT2D eigenvalue weighted by atomic mass is 10.1. The molecule has 1 aromatic rings. The Kier molecular flexibility index (Phi) is 6.93. The van der Waals surface area contributed by atoms with Crippen molar-refractivity contribution in [3.05, 3.63) is 33.8 Å². The highest BCUT2D eigenvalue weighted by atomic mass is 79.9. The zero-order valence-corrected chi connectivity index (χ0v) is 12.3. The summed E-state index contributed by atoms with van der Waals surface area (Å²) < 4.78 is 5.77. The highest BCUT2D eigenvalue weighted by Gasteiger charge is 2.10. The standard InChI is InChI=1S/C13H19BrN2O2/c1-10-4-3-5-11(12(10)14)13(17)16-7-6-15-8-9-18-2/h3-5,15H,6-9H2,1-2H3,(H,16,17). The quantitative estimate of drug-likeness (QED) is 0.754. The van der Waals surface area contributed by atoms with Crippen LogP contribution in [0.2, 0.25) is 0 Å². The fraction of sp³-hybridized carbons (Fsp3) is 0.462. The maximum atomic E-state index is 11.9. The van der Waals surface area contributed by atoms with Crippen molar-refractivity contribution in [2.24, 2.45) is 0 Å².